The number of carbonyl (C=O) groups is 1. The van der Waals surface area contributed by atoms with Crippen LogP contribution in [0.15, 0.2) is 24.3 Å². The van der Waals surface area contributed by atoms with E-state index in [0.29, 0.717) is 12.1 Å². The van der Waals surface area contributed by atoms with Crippen LogP contribution in [0.3, 0.4) is 0 Å². The number of hydrogen-bond donors (Lipinski definition) is 1. The molecule has 0 bridgehead atoms. The first-order valence-electron chi connectivity index (χ1n) is 5.50. The second kappa shape index (κ2) is 4.60. The van der Waals surface area contributed by atoms with Crippen LogP contribution in [0.1, 0.15) is 27.3 Å². The van der Waals surface area contributed by atoms with Gasteiger partial charge < -0.3 is 5.11 Å². The van der Waals surface area contributed by atoms with E-state index in [-0.39, 0.29) is 5.56 Å². The highest BCUT2D eigenvalue weighted by Gasteiger charge is 2.11. The summed E-state index contributed by atoms with van der Waals surface area (Å²) in [4.78, 5) is 10.7. The van der Waals surface area contributed by atoms with Gasteiger partial charge in [0.1, 0.15) is 5.82 Å². The minimum Gasteiger partial charge on any atom is -0.478 e. The SMILES string of the molecule is Cc1cc(C)n(Cc2ccc(C(=O)O)c(F)c2)n1. The Bertz CT molecular complexity index is 605. The van der Waals surface area contributed by atoms with E-state index in [2.05, 4.69) is 5.10 Å². The zero-order valence-corrected chi connectivity index (χ0v) is 10.1. The first-order chi connectivity index (χ1) is 8.47. The first kappa shape index (κ1) is 12.3. The molecule has 0 aliphatic rings. The van der Waals surface area contributed by atoms with E-state index >= 15 is 0 Å². The van der Waals surface area contributed by atoms with Crippen molar-refractivity contribution in [2.24, 2.45) is 0 Å². The lowest BCUT2D eigenvalue weighted by molar-refractivity contribution is 0.0692. The standard InChI is InChI=1S/C13H13FN2O2/c1-8-5-9(2)16(15-8)7-10-3-4-11(13(17)18)12(14)6-10/h3-6H,7H2,1-2H3,(H,17,18). The van der Waals surface area contributed by atoms with Crippen molar-refractivity contribution in [1.82, 2.24) is 9.78 Å². The quantitative estimate of drug-likeness (QED) is 0.907. The Morgan fingerprint density at radius 2 is 2.11 bits per heavy atom. The van der Waals surface area contributed by atoms with E-state index in [1.54, 1.807) is 10.7 Å². The average molecular weight is 248 g/mol. The number of hydrogen-bond acceptors (Lipinski definition) is 2. The van der Waals surface area contributed by atoms with Gasteiger partial charge in [-0.15, -0.1) is 0 Å². The van der Waals surface area contributed by atoms with Crippen molar-refractivity contribution in [2.75, 3.05) is 0 Å². The number of benzene rings is 1. The number of nitrogens with zero attached hydrogens (tertiary/aromatic N) is 2. The number of aryl methyl sites for hydroxylation is 2. The third-order valence-corrected chi connectivity index (χ3v) is 2.70. The molecule has 0 unspecified atom stereocenters. The van der Waals surface area contributed by atoms with Crippen LogP contribution in [0, 0.1) is 19.7 Å². The average Bonchev–Trinajstić information content (AvgIpc) is 2.57. The fourth-order valence-electron chi connectivity index (χ4n) is 1.84. The Kier molecular flexibility index (Phi) is 3.14. The fraction of sp³-hybridized carbons (Fsp3) is 0.231. The van der Waals surface area contributed by atoms with Crippen molar-refractivity contribution in [1.29, 1.82) is 0 Å². The zero-order valence-electron chi connectivity index (χ0n) is 10.1. The highest BCUT2D eigenvalue weighted by atomic mass is 19.1. The molecule has 0 saturated heterocycles. The van der Waals surface area contributed by atoms with Crippen molar-refractivity contribution in [2.45, 2.75) is 20.4 Å². The van der Waals surface area contributed by atoms with Crippen LogP contribution in [-0.4, -0.2) is 20.9 Å². The van der Waals surface area contributed by atoms with Crippen LogP contribution >= 0.6 is 0 Å². The van der Waals surface area contributed by atoms with E-state index in [1.165, 1.54) is 12.1 Å². The lowest BCUT2D eigenvalue weighted by Crippen LogP contribution is -2.06. The lowest BCUT2D eigenvalue weighted by Gasteiger charge is -2.06. The molecule has 0 aliphatic carbocycles. The molecular weight excluding hydrogens is 235 g/mol. The van der Waals surface area contributed by atoms with Gasteiger partial charge in [-0.25, -0.2) is 9.18 Å². The van der Waals surface area contributed by atoms with Gasteiger partial charge in [-0.2, -0.15) is 5.10 Å². The van der Waals surface area contributed by atoms with Gasteiger partial charge in [0.15, 0.2) is 0 Å². The molecule has 1 heterocycles. The Balaban J connectivity index is 2.28. The van der Waals surface area contributed by atoms with Crippen molar-refractivity contribution in [3.8, 4) is 0 Å². The van der Waals surface area contributed by atoms with Crippen LogP contribution < -0.4 is 0 Å². The van der Waals surface area contributed by atoms with Crippen LogP contribution in [0.25, 0.3) is 0 Å². The minimum absolute atomic E-state index is 0.313. The Morgan fingerprint density at radius 1 is 1.39 bits per heavy atom. The number of rotatable bonds is 3. The predicted molar refractivity (Wildman–Crippen MR) is 64.2 cm³/mol. The zero-order chi connectivity index (χ0) is 13.3. The molecular formula is C13H13FN2O2. The van der Waals surface area contributed by atoms with Gasteiger partial charge in [0, 0.05) is 5.69 Å². The maximum Gasteiger partial charge on any atom is 0.338 e. The van der Waals surface area contributed by atoms with E-state index in [1.807, 2.05) is 19.9 Å². The third kappa shape index (κ3) is 2.40. The summed E-state index contributed by atoms with van der Waals surface area (Å²) >= 11 is 0. The summed E-state index contributed by atoms with van der Waals surface area (Å²) in [6, 6.07) is 6.05. The summed E-state index contributed by atoms with van der Waals surface area (Å²) in [5.41, 5.74) is 2.25. The Labute approximate surface area is 104 Å². The maximum absolute atomic E-state index is 13.5. The lowest BCUT2D eigenvalue weighted by atomic mass is 10.1. The number of carboxylic acids is 1. The molecule has 1 aromatic carbocycles. The van der Waals surface area contributed by atoms with E-state index < -0.39 is 11.8 Å². The first-order valence-corrected chi connectivity index (χ1v) is 5.50. The predicted octanol–water partition coefficient (Wildman–Crippen LogP) is 2.39. The van der Waals surface area contributed by atoms with E-state index in [4.69, 9.17) is 5.11 Å². The van der Waals surface area contributed by atoms with Crippen LogP contribution in [0.4, 0.5) is 4.39 Å². The highest BCUT2D eigenvalue weighted by Crippen LogP contribution is 2.13. The van der Waals surface area contributed by atoms with Gasteiger partial charge in [-0.1, -0.05) is 6.07 Å². The molecule has 0 saturated carbocycles. The van der Waals surface area contributed by atoms with Gasteiger partial charge >= 0.3 is 5.97 Å². The van der Waals surface area contributed by atoms with Crippen LogP contribution in [0.5, 0.6) is 0 Å². The molecule has 5 heteroatoms. The maximum atomic E-state index is 13.5. The monoisotopic (exact) mass is 248 g/mol. The Hall–Kier alpha value is -2.17. The minimum atomic E-state index is -1.26. The molecule has 0 aliphatic heterocycles. The van der Waals surface area contributed by atoms with Crippen molar-refractivity contribution in [3.63, 3.8) is 0 Å². The highest BCUT2D eigenvalue weighted by molar-refractivity contribution is 5.87. The molecule has 0 fully saturated rings. The summed E-state index contributed by atoms with van der Waals surface area (Å²) in [5, 5.41) is 13.0. The molecule has 0 radical (unpaired) electrons. The molecule has 18 heavy (non-hydrogen) atoms. The molecule has 94 valence electrons. The fourth-order valence-corrected chi connectivity index (χ4v) is 1.84. The molecule has 2 aromatic rings. The number of halogens is 1. The van der Waals surface area contributed by atoms with Gasteiger partial charge in [0.25, 0.3) is 0 Å². The summed E-state index contributed by atoms with van der Waals surface area (Å²) in [6.07, 6.45) is 0. The topological polar surface area (TPSA) is 55.1 Å². The van der Waals surface area contributed by atoms with Crippen LogP contribution in [0.2, 0.25) is 0 Å². The molecule has 1 N–H and O–H groups in total. The van der Waals surface area contributed by atoms with Gasteiger partial charge in [0.05, 0.1) is 17.8 Å². The molecule has 0 spiro atoms. The summed E-state index contributed by atoms with van der Waals surface area (Å²) in [6.45, 7) is 4.23. The van der Waals surface area contributed by atoms with Crippen LogP contribution in [-0.2, 0) is 6.54 Å². The molecule has 4 nitrogen and oxygen atoms in total. The normalized spacial score (nSPS) is 10.6. The van der Waals surface area contributed by atoms with E-state index in [0.717, 1.165) is 11.4 Å². The number of aromatic nitrogens is 2. The summed E-state index contributed by atoms with van der Waals surface area (Å²) in [7, 11) is 0. The largest absolute Gasteiger partial charge is 0.478 e. The molecule has 2 rings (SSSR count). The van der Waals surface area contributed by atoms with Crippen molar-refractivity contribution in [3.05, 3.63) is 52.6 Å². The smallest absolute Gasteiger partial charge is 0.338 e. The van der Waals surface area contributed by atoms with Gasteiger partial charge in [-0.3, -0.25) is 4.68 Å². The third-order valence-electron chi connectivity index (χ3n) is 2.70. The summed E-state index contributed by atoms with van der Waals surface area (Å²) < 4.78 is 15.3. The van der Waals surface area contributed by atoms with Crippen molar-refractivity contribution >= 4 is 5.97 Å². The Morgan fingerprint density at radius 3 is 2.61 bits per heavy atom. The molecule has 1 aromatic heterocycles. The van der Waals surface area contributed by atoms with Gasteiger partial charge in [-0.05, 0) is 37.6 Å². The summed E-state index contributed by atoms with van der Waals surface area (Å²) in [5.74, 6) is -1.98. The number of carboxylic acid groups (broad SMARTS) is 1. The van der Waals surface area contributed by atoms with E-state index in [9.17, 15) is 9.18 Å². The number of aromatic carboxylic acids is 1. The molecule has 0 amide bonds. The van der Waals surface area contributed by atoms with Crippen molar-refractivity contribution < 1.29 is 14.3 Å². The van der Waals surface area contributed by atoms with Gasteiger partial charge in [0.2, 0.25) is 0 Å². The second-order valence-electron chi connectivity index (χ2n) is 4.20. The molecule has 0 atom stereocenters. The second-order valence-corrected chi connectivity index (χ2v) is 4.20.